The number of nitrogens with one attached hydrogen (secondary N) is 1. The van der Waals surface area contributed by atoms with E-state index in [9.17, 15) is 18.0 Å². The molecule has 0 aliphatic carbocycles. The molecule has 0 saturated carbocycles. The molecule has 26 heavy (non-hydrogen) atoms. The number of alkyl carbamates (subject to hydrolysis) is 1. The van der Waals surface area contributed by atoms with Crippen LogP contribution in [-0.4, -0.2) is 19.0 Å². The third-order valence-electron chi connectivity index (χ3n) is 3.00. The summed E-state index contributed by atoms with van der Waals surface area (Å²) in [6.07, 6.45) is -5.44. The zero-order valence-electron chi connectivity index (χ0n) is 13.5. The minimum absolute atomic E-state index is 0.00826. The molecule has 0 unspecified atom stereocenters. The number of alkyl halides is 3. The number of amides is 1. The number of benzene rings is 2. The molecular formula is C18H15F3N2O3. The second-order valence-electron chi connectivity index (χ2n) is 5.02. The van der Waals surface area contributed by atoms with Gasteiger partial charge in [-0.2, -0.15) is 0 Å². The smallest absolute Gasteiger partial charge is 0.445 e. The Kier molecular flexibility index (Phi) is 6.33. The molecule has 0 aliphatic heterocycles. The van der Waals surface area contributed by atoms with Crippen molar-refractivity contribution in [3.63, 3.8) is 0 Å². The Morgan fingerprint density at radius 2 is 1.88 bits per heavy atom. The summed E-state index contributed by atoms with van der Waals surface area (Å²) in [4.78, 5) is 11.5. The van der Waals surface area contributed by atoms with Crippen LogP contribution in [0.1, 0.15) is 11.1 Å². The maximum atomic E-state index is 12.2. The quantitative estimate of drug-likeness (QED) is 0.644. The fourth-order valence-corrected chi connectivity index (χ4v) is 1.88. The number of nitrogens with two attached hydrogens (primary N) is 1. The van der Waals surface area contributed by atoms with Crippen LogP contribution in [0.15, 0.2) is 48.5 Å². The number of hydrogen-bond acceptors (Lipinski definition) is 4. The molecule has 5 nitrogen and oxygen atoms in total. The van der Waals surface area contributed by atoms with Crippen LogP contribution in [0.5, 0.6) is 5.75 Å². The lowest BCUT2D eigenvalue weighted by Gasteiger charge is -2.10. The third-order valence-corrected chi connectivity index (χ3v) is 3.00. The van der Waals surface area contributed by atoms with Crippen LogP contribution in [0.25, 0.3) is 0 Å². The van der Waals surface area contributed by atoms with E-state index in [-0.39, 0.29) is 18.8 Å². The third kappa shape index (κ3) is 6.65. The Labute approximate surface area is 147 Å². The zero-order valence-corrected chi connectivity index (χ0v) is 13.5. The van der Waals surface area contributed by atoms with E-state index < -0.39 is 18.2 Å². The van der Waals surface area contributed by atoms with Gasteiger partial charge in [-0.25, -0.2) is 4.79 Å². The fraction of sp³-hybridized carbons (Fsp3) is 0.167. The maximum Gasteiger partial charge on any atom is 0.573 e. The number of anilines is 1. The molecule has 0 fully saturated rings. The van der Waals surface area contributed by atoms with Gasteiger partial charge in [-0.15, -0.1) is 13.2 Å². The van der Waals surface area contributed by atoms with E-state index in [4.69, 9.17) is 10.5 Å². The van der Waals surface area contributed by atoms with E-state index >= 15 is 0 Å². The van der Waals surface area contributed by atoms with Gasteiger partial charge in [0.2, 0.25) is 0 Å². The van der Waals surface area contributed by atoms with Crippen molar-refractivity contribution in [2.75, 3.05) is 12.3 Å². The van der Waals surface area contributed by atoms with E-state index in [1.165, 1.54) is 12.1 Å². The standard InChI is InChI=1S/C18H15F3N2O3/c19-18(20,21)26-16-9-8-13(11-15(16)22)7-4-10-23-17(24)25-12-14-5-2-1-3-6-14/h1-3,5-6,8-9,11H,10,12,22H2,(H,23,24). The van der Waals surface area contributed by atoms with Gasteiger partial charge in [-0.3, -0.25) is 0 Å². The van der Waals surface area contributed by atoms with Gasteiger partial charge in [-0.05, 0) is 23.8 Å². The predicted molar refractivity (Wildman–Crippen MR) is 89.0 cm³/mol. The lowest BCUT2D eigenvalue weighted by atomic mass is 10.2. The number of hydrogen-bond donors (Lipinski definition) is 2. The molecule has 3 N–H and O–H groups in total. The van der Waals surface area contributed by atoms with Crippen molar-refractivity contribution in [1.82, 2.24) is 5.32 Å². The number of nitrogen functional groups attached to an aromatic ring is 1. The molecule has 0 heterocycles. The van der Waals surface area contributed by atoms with Crippen molar-refractivity contribution in [1.29, 1.82) is 0 Å². The molecular weight excluding hydrogens is 349 g/mol. The number of carbonyl (C=O) groups is 1. The van der Waals surface area contributed by atoms with Gasteiger partial charge < -0.3 is 20.5 Å². The molecule has 136 valence electrons. The van der Waals surface area contributed by atoms with Crippen LogP contribution in [0.4, 0.5) is 23.7 Å². The average molecular weight is 364 g/mol. The van der Waals surface area contributed by atoms with Gasteiger partial charge >= 0.3 is 12.5 Å². The first-order valence-corrected chi connectivity index (χ1v) is 7.42. The molecule has 0 radical (unpaired) electrons. The monoisotopic (exact) mass is 364 g/mol. The molecule has 1 amide bonds. The van der Waals surface area contributed by atoms with Crippen molar-refractivity contribution in [2.45, 2.75) is 13.0 Å². The van der Waals surface area contributed by atoms with Crippen LogP contribution >= 0.6 is 0 Å². The topological polar surface area (TPSA) is 73.6 Å². The number of carbonyl (C=O) groups excluding carboxylic acids is 1. The molecule has 0 atom stereocenters. The Bertz CT molecular complexity index is 812. The molecule has 0 bridgehead atoms. The summed E-state index contributed by atoms with van der Waals surface area (Å²) in [5, 5.41) is 2.44. The van der Waals surface area contributed by atoms with Gasteiger partial charge in [0.15, 0.2) is 5.75 Å². The Morgan fingerprint density at radius 3 is 2.54 bits per heavy atom. The van der Waals surface area contributed by atoms with Crippen LogP contribution in [0.2, 0.25) is 0 Å². The highest BCUT2D eigenvalue weighted by Gasteiger charge is 2.31. The van der Waals surface area contributed by atoms with Crippen molar-refractivity contribution >= 4 is 11.8 Å². The lowest BCUT2D eigenvalue weighted by molar-refractivity contribution is -0.274. The maximum absolute atomic E-state index is 12.2. The van der Waals surface area contributed by atoms with E-state index in [0.717, 1.165) is 11.6 Å². The molecule has 2 rings (SSSR count). The molecule has 0 saturated heterocycles. The van der Waals surface area contributed by atoms with Gasteiger partial charge in [0.25, 0.3) is 0 Å². The van der Waals surface area contributed by atoms with E-state index in [1.807, 2.05) is 30.3 Å². The van der Waals surface area contributed by atoms with Gasteiger partial charge in [0.1, 0.15) is 6.61 Å². The van der Waals surface area contributed by atoms with E-state index in [2.05, 4.69) is 21.9 Å². The highest BCUT2D eigenvalue weighted by Crippen LogP contribution is 2.28. The first kappa shape index (κ1) is 19.0. The summed E-state index contributed by atoms with van der Waals surface area (Å²) >= 11 is 0. The molecule has 8 heteroatoms. The zero-order chi connectivity index (χ0) is 19.0. The normalized spacial score (nSPS) is 10.4. The summed E-state index contributed by atoms with van der Waals surface area (Å²) in [6, 6.07) is 12.8. The van der Waals surface area contributed by atoms with Crippen molar-refractivity contribution in [3.8, 4) is 17.6 Å². The molecule has 2 aromatic carbocycles. The summed E-state index contributed by atoms with van der Waals surface area (Å²) in [7, 11) is 0. The Morgan fingerprint density at radius 1 is 1.15 bits per heavy atom. The first-order chi connectivity index (χ1) is 12.3. The van der Waals surface area contributed by atoms with Crippen LogP contribution in [-0.2, 0) is 11.3 Å². The minimum Gasteiger partial charge on any atom is -0.445 e. The summed E-state index contributed by atoms with van der Waals surface area (Å²) in [5.41, 5.74) is 6.54. The average Bonchev–Trinajstić information content (AvgIpc) is 2.59. The minimum atomic E-state index is -4.81. The first-order valence-electron chi connectivity index (χ1n) is 7.42. The van der Waals surface area contributed by atoms with Crippen molar-refractivity contribution < 1.29 is 27.4 Å². The largest absolute Gasteiger partial charge is 0.573 e. The number of ether oxygens (including phenoxy) is 2. The summed E-state index contributed by atoms with van der Waals surface area (Å²) < 4.78 is 45.2. The molecule has 2 aromatic rings. The van der Waals surface area contributed by atoms with E-state index in [0.29, 0.717) is 5.56 Å². The Hall–Kier alpha value is -3.34. The van der Waals surface area contributed by atoms with E-state index in [1.54, 1.807) is 0 Å². The van der Waals surface area contributed by atoms with Crippen LogP contribution in [0, 0.1) is 11.8 Å². The van der Waals surface area contributed by atoms with Crippen LogP contribution in [0.3, 0.4) is 0 Å². The van der Waals surface area contributed by atoms with Gasteiger partial charge in [0, 0.05) is 5.56 Å². The fourth-order valence-electron chi connectivity index (χ4n) is 1.88. The molecule has 0 aliphatic rings. The van der Waals surface area contributed by atoms with Crippen molar-refractivity contribution in [3.05, 3.63) is 59.7 Å². The van der Waals surface area contributed by atoms with Crippen LogP contribution < -0.4 is 15.8 Å². The number of rotatable bonds is 4. The molecule has 0 aromatic heterocycles. The second kappa shape index (κ2) is 8.67. The summed E-state index contributed by atoms with van der Waals surface area (Å²) in [5.74, 6) is 4.82. The van der Waals surface area contributed by atoms with Crippen molar-refractivity contribution in [2.24, 2.45) is 0 Å². The van der Waals surface area contributed by atoms with Gasteiger partial charge in [-0.1, -0.05) is 42.2 Å². The SMILES string of the molecule is Nc1cc(C#CCNC(=O)OCc2ccccc2)ccc1OC(F)(F)F. The highest BCUT2D eigenvalue weighted by molar-refractivity contribution is 5.67. The predicted octanol–water partition coefficient (Wildman–Crippen LogP) is 3.45. The molecule has 0 spiro atoms. The highest BCUT2D eigenvalue weighted by atomic mass is 19.4. The van der Waals surface area contributed by atoms with Gasteiger partial charge in [0.05, 0.1) is 12.2 Å². The Balaban J connectivity index is 1.80. The lowest BCUT2D eigenvalue weighted by Crippen LogP contribution is -2.24. The summed E-state index contributed by atoms with van der Waals surface area (Å²) in [6.45, 7) is 0.144. The number of halogens is 3. The second-order valence-corrected chi connectivity index (χ2v) is 5.02.